The van der Waals surface area contributed by atoms with E-state index in [1.807, 2.05) is 0 Å². The van der Waals surface area contributed by atoms with Crippen LogP contribution in [-0.4, -0.2) is 21.6 Å². The summed E-state index contributed by atoms with van der Waals surface area (Å²) < 4.78 is 1.65. The van der Waals surface area contributed by atoms with Crippen molar-refractivity contribution in [3.8, 4) is 0 Å². The Labute approximate surface area is 81.1 Å². The summed E-state index contributed by atoms with van der Waals surface area (Å²) in [6.07, 6.45) is 2.74. The number of hydrogen-bond acceptors (Lipinski definition) is 3. The molecule has 2 amide bonds. The molecule has 1 unspecified atom stereocenters. The van der Waals surface area contributed by atoms with Crippen molar-refractivity contribution in [1.29, 1.82) is 0 Å². The summed E-state index contributed by atoms with van der Waals surface area (Å²) in [5.41, 5.74) is 0.734. The van der Waals surface area contributed by atoms with Crippen molar-refractivity contribution in [2.45, 2.75) is 18.8 Å². The molecule has 0 aliphatic carbocycles. The number of imide groups is 1. The standard InChI is InChI=1S/C9H11N3O2/c1-12-5-4-7(11-12)6-2-3-8(13)10-9(6)14/h4-6H,2-3H2,1H3,(H,10,13,14). The van der Waals surface area contributed by atoms with Gasteiger partial charge in [0.05, 0.1) is 11.6 Å². The van der Waals surface area contributed by atoms with Gasteiger partial charge in [-0.3, -0.25) is 19.6 Å². The minimum atomic E-state index is -0.270. The predicted octanol–water partition coefficient (Wildman–Crippen LogP) is -0.0597. The summed E-state index contributed by atoms with van der Waals surface area (Å²) in [6, 6.07) is 1.81. The van der Waals surface area contributed by atoms with E-state index in [0.29, 0.717) is 12.8 Å². The number of carbonyl (C=O) groups is 2. The topological polar surface area (TPSA) is 64.0 Å². The van der Waals surface area contributed by atoms with Gasteiger partial charge in [0.25, 0.3) is 0 Å². The fourth-order valence-electron chi connectivity index (χ4n) is 1.59. The Kier molecular flexibility index (Phi) is 2.07. The minimum Gasteiger partial charge on any atom is -0.296 e. The molecule has 5 heteroatoms. The van der Waals surface area contributed by atoms with E-state index in [4.69, 9.17) is 0 Å². The smallest absolute Gasteiger partial charge is 0.235 e. The molecule has 2 rings (SSSR count). The molecule has 0 bridgehead atoms. The van der Waals surface area contributed by atoms with Gasteiger partial charge in [-0.2, -0.15) is 5.10 Å². The third kappa shape index (κ3) is 1.53. The lowest BCUT2D eigenvalue weighted by atomic mass is 9.95. The first kappa shape index (κ1) is 8.93. The van der Waals surface area contributed by atoms with Crippen LogP contribution in [0.3, 0.4) is 0 Å². The van der Waals surface area contributed by atoms with E-state index in [9.17, 15) is 9.59 Å². The van der Waals surface area contributed by atoms with Crippen molar-refractivity contribution in [2.75, 3.05) is 0 Å². The Balaban J connectivity index is 2.19. The highest BCUT2D eigenvalue weighted by atomic mass is 16.2. The van der Waals surface area contributed by atoms with E-state index < -0.39 is 0 Å². The number of hydrogen-bond donors (Lipinski definition) is 1. The summed E-state index contributed by atoms with van der Waals surface area (Å²) in [7, 11) is 1.80. The Bertz CT molecular complexity index is 383. The fraction of sp³-hybridized carbons (Fsp3) is 0.444. The fourth-order valence-corrected chi connectivity index (χ4v) is 1.59. The highest BCUT2D eigenvalue weighted by Crippen LogP contribution is 2.22. The summed E-state index contributed by atoms with van der Waals surface area (Å²) in [5, 5.41) is 6.46. The average Bonchev–Trinajstić information content (AvgIpc) is 2.51. The van der Waals surface area contributed by atoms with Crippen molar-refractivity contribution >= 4 is 11.8 Å². The second-order valence-corrected chi connectivity index (χ2v) is 3.42. The summed E-state index contributed by atoms with van der Waals surface area (Å²) >= 11 is 0. The molecule has 1 saturated heterocycles. The van der Waals surface area contributed by atoms with E-state index in [-0.39, 0.29) is 17.7 Å². The molecule has 14 heavy (non-hydrogen) atoms. The maximum absolute atomic E-state index is 11.4. The quantitative estimate of drug-likeness (QED) is 0.635. The molecule has 1 aliphatic rings. The van der Waals surface area contributed by atoms with Crippen molar-refractivity contribution in [2.24, 2.45) is 7.05 Å². The predicted molar refractivity (Wildman–Crippen MR) is 48.3 cm³/mol. The van der Waals surface area contributed by atoms with Gasteiger partial charge in [-0.15, -0.1) is 0 Å². The van der Waals surface area contributed by atoms with Gasteiger partial charge < -0.3 is 0 Å². The van der Waals surface area contributed by atoms with Crippen LogP contribution in [0.5, 0.6) is 0 Å². The monoisotopic (exact) mass is 193 g/mol. The Morgan fingerprint density at radius 2 is 2.36 bits per heavy atom. The number of aryl methyl sites for hydroxylation is 1. The number of aromatic nitrogens is 2. The molecule has 1 fully saturated rings. The summed E-state index contributed by atoms with van der Waals surface area (Å²) in [5.74, 6) is -0.698. The highest BCUT2D eigenvalue weighted by Gasteiger charge is 2.29. The first-order chi connectivity index (χ1) is 6.66. The second kappa shape index (κ2) is 3.25. The van der Waals surface area contributed by atoms with Crippen LogP contribution in [0.2, 0.25) is 0 Å². The zero-order valence-electron chi connectivity index (χ0n) is 7.86. The van der Waals surface area contributed by atoms with Gasteiger partial charge in [0.1, 0.15) is 0 Å². The molecule has 1 N–H and O–H groups in total. The van der Waals surface area contributed by atoms with Crippen molar-refractivity contribution in [1.82, 2.24) is 15.1 Å². The molecular formula is C9H11N3O2. The maximum Gasteiger partial charge on any atom is 0.235 e. The zero-order chi connectivity index (χ0) is 10.1. The third-order valence-electron chi connectivity index (χ3n) is 2.33. The summed E-state index contributed by atoms with van der Waals surface area (Å²) in [4.78, 5) is 22.3. The van der Waals surface area contributed by atoms with Crippen LogP contribution in [0, 0.1) is 0 Å². The van der Waals surface area contributed by atoms with Gasteiger partial charge in [0.15, 0.2) is 0 Å². The van der Waals surface area contributed by atoms with Crippen LogP contribution in [0.1, 0.15) is 24.5 Å². The van der Waals surface area contributed by atoms with Gasteiger partial charge >= 0.3 is 0 Å². The Morgan fingerprint density at radius 1 is 1.57 bits per heavy atom. The van der Waals surface area contributed by atoms with Gasteiger partial charge in [-0.05, 0) is 12.5 Å². The lowest BCUT2D eigenvalue weighted by Crippen LogP contribution is -2.39. The Morgan fingerprint density at radius 3 is 2.93 bits per heavy atom. The van der Waals surface area contributed by atoms with Crippen LogP contribution in [-0.2, 0) is 16.6 Å². The normalized spacial score (nSPS) is 22.2. The molecular weight excluding hydrogens is 182 g/mol. The first-order valence-corrected chi connectivity index (χ1v) is 4.50. The van der Waals surface area contributed by atoms with Crippen LogP contribution >= 0.6 is 0 Å². The minimum absolute atomic E-state index is 0.192. The van der Waals surface area contributed by atoms with Crippen molar-refractivity contribution < 1.29 is 9.59 Å². The van der Waals surface area contributed by atoms with E-state index in [1.54, 1.807) is 24.0 Å². The van der Waals surface area contributed by atoms with Crippen LogP contribution in [0.15, 0.2) is 12.3 Å². The molecule has 74 valence electrons. The third-order valence-corrected chi connectivity index (χ3v) is 2.33. The molecule has 0 radical (unpaired) electrons. The van der Waals surface area contributed by atoms with Crippen molar-refractivity contribution in [3.63, 3.8) is 0 Å². The van der Waals surface area contributed by atoms with Crippen LogP contribution in [0.25, 0.3) is 0 Å². The molecule has 2 heterocycles. The second-order valence-electron chi connectivity index (χ2n) is 3.42. The van der Waals surface area contributed by atoms with E-state index >= 15 is 0 Å². The number of piperidine rings is 1. The molecule has 1 aliphatic heterocycles. The van der Waals surface area contributed by atoms with Crippen molar-refractivity contribution in [3.05, 3.63) is 18.0 Å². The summed E-state index contributed by atoms with van der Waals surface area (Å²) in [6.45, 7) is 0. The van der Waals surface area contributed by atoms with Crippen LogP contribution in [0.4, 0.5) is 0 Å². The van der Waals surface area contributed by atoms with Gasteiger partial charge in [0.2, 0.25) is 11.8 Å². The van der Waals surface area contributed by atoms with Gasteiger partial charge in [-0.1, -0.05) is 0 Å². The number of nitrogens with zero attached hydrogens (tertiary/aromatic N) is 2. The molecule has 1 aromatic heterocycles. The first-order valence-electron chi connectivity index (χ1n) is 4.50. The largest absolute Gasteiger partial charge is 0.296 e. The molecule has 0 aromatic carbocycles. The lowest BCUT2D eigenvalue weighted by molar-refractivity contribution is -0.134. The SMILES string of the molecule is Cn1ccc(C2CCC(=O)NC2=O)n1. The van der Waals surface area contributed by atoms with Gasteiger partial charge in [-0.25, -0.2) is 0 Å². The zero-order valence-corrected chi connectivity index (χ0v) is 7.86. The maximum atomic E-state index is 11.4. The number of nitrogens with one attached hydrogen (secondary N) is 1. The molecule has 5 nitrogen and oxygen atoms in total. The van der Waals surface area contributed by atoms with E-state index in [0.717, 1.165) is 5.69 Å². The Hall–Kier alpha value is -1.65. The molecule has 0 saturated carbocycles. The number of carbonyl (C=O) groups excluding carboxylic acids is 2. The van der Waals surface area contributed by atoms with Gasteiger partial charge in [0, 0.05) is 19.7 Å². The number of amides is 2. The van der Waals surface area contributed by atoms with E-state index in [1.165, 1.54) is 0 Å². The molecule has 0 spiro atoms. The van der Waals surface area contributed by atoms with E-state index in [2.05, 4.69) is 10.4 Å². The number of rotatable bonds is 1. The molecule has 1 aromatic rings. The average molecular weight is 193 g/mol. The highest BCUT2D eigenvalue weighted by molar-refractivity contribution is 6.00. The molecule has 1 atom stereocenters. The lowest BCUT2D eigenvalue weighted by Gasteiger charge is -2.18. The van der Waals surface area contributed by atoms with Crippen LogP contribution < -0.4 is 5.32 Å².